The van der Waals surface area contributed by atoms with Gasteiger partial charge in [0.2, 0.25) is 5.91 Å². The highest BCUT2D eigenvalue weighted by atomic mass is 16.4. The van der Waals surface area contributed by atoms with Gasteiger partial charge in [0.15, 0.2) is 0 Å². The second-order valence-corrected chi connectivity index (χ2v) is 3.14. The number of nitrogens with zero attached hydrogens (tertiary/aromatic N) is 1. The van der Waals surface area contributed by atoms with Gasteiger partial charge >= 0.3 is 5.97 Å². The summed E-state index contributed by atoms with van der Waals surface area (Å²) in [6.07, 6.45) is 4.98. The lowest BCUT2D eigenvalue weighted by molar-refractivity contribution is -0.152. The Hall–Kier alpha value is -1.54. The fraction of sp³-hybridized carbons (Fsp3) is 0.556. The molecule has 1 saturated heterocycles. The fourth-order valence-corrected chi connectivity index (χ4v) is 1.19. The molecule has 14 heavy (non-hydrogen) atoms. The lowest BCUT2D eigenvalue weighted by Gasteiger charge is -2.36. The third-order valence-electron chi connectivity index (χ3n) is 2.09. The van der Waals surface area contributed by atoms with Crippen molar-refractivity contribution >= 4 is 11.9 Å². The summed E-state index contributed by atoms with van der Waals surface area (Å²) in [5.41, 5.74) is 0. The van der Waals surface area contributed by atoms with Crippen molar-refractivity contribution in [3.05, 3.63) is 0 Å². The zero-order valence-electron chi connectivity index (χ0n) is 7.69. The Kier molecular flexibility index (Phi) is 3.48. The Morgan fingerprint density at radius 3 is 2.71 bits per heavy atom. The average Bonchev–Trinajstić information content (AvgIpc) is 2.01. The number of carbonyl (C=O) groups is 2. The van der Waals surface area contributed by atoms with Gasteiger partial charge in [-0.05, 0) is 0 Å². The van der Waals surface area contributed by atoms with Crippen LogP contribution in [0.2, 0.25) is 0 Å². The van der Waals surface area contributed by atoms with Crippen molar-refractivity contribution in [1.82, 2.24) is 10.2 Å². The highest BCUT2D eigenvalue weighted by Crippen LogP contribution is 2.14. The number of amides is 1. The van der Waals surface area contributed by atoms with Crippen LogP contribution in [0.1, 0.15) is 0 Å². The predicted octanol–water partition coefficient (Wildman–Crippen LogP) is -1.25. The van der Waals surface area contributed by atoms with Crippen LogP contribution in [0.15, 0.2) is 0 Å². The summed E-state index contributed by atoms with van der Waals surface area (Å²) in [7, 11) is 0. The second kappa shape index (κ2) is 4.63. The van der Waals surface area contributed by atoms with Crippen molar-refractivity contribution < 1.29 is 14.7 Å². The van der Waals surface area contributed by atoms with E-state index in [0.717, 1.165) is 0 Å². The molecule has 0 aliphatic carbocycles. The van der Waals surface area contributed by atoms with Crippen LogP contribution in [0, 0.1) is 18.3 Å². The minimum Gasteiger partial charge on any atom is -0.481 e. The second-order valence-electron chi connectivity index (χ2n) is 3.14. The average molecular weight is 196 g/mol. The summed E-state index contributed by atoms with van der Waals surface area (Å²) < 4.78 is 0. The number of hydrogen-bond acceptors (Lipinski definition) is 3. The molecule has 76 valence electrons. The number of hydrogen-bond donors (Lipinski definition) is 2. The molecule has 1 amide bonds. The van der Waals surface area contributed by atoms with Crippen LogP contribution < -0.4 is 5.32 Å². The summed E-state index contributed by atoms with van der Waals surface area (Å²) in [6.45, 7) is 1.15. The molecule has 5 heteroatoms. The molecule has 1 aliphatic rings. The Morgan fingerprint density at radius 1 is 1.57 bits per heavy atom. The van der Waals surface area contributed by atoms with E-state index in [4.69, 9.17) is 11.5 Å². The Labute approximate surface area is 82.1 Å². The molecular weight excluding hydrogens is 184 g/mol. The smallest absolute Gasteiger partial charge is 0.310 e. The van der Waals surface area contributed by atoms with E-state index in [1.807, 2.05) is 0 Å². The fourth-order valence-electron chi connectivity index (χ4n) is 1.19. The molecule has 0 spiro atoms. The number of carbonyl (C=O) groups excluding carboxylic acids is 1. The minimum absolute atomic E-state index is 0.0993. The lowest BCUT2D eigenvalue weighted by atomic mass is 10.0. The van der Waals surface area contributed by atoms with Crippen molar-refractivity contribution in [2.24, 2.45) is 5.92 Å². The van der Waals surface area contributed by atoms with Crippen LogP contribution in [0.4, 0.5) is 0 Å². The first-order chi connectivity index (χ1) is 6.65. The van der Waals surface area contributed by atoms with Crippen LogP contribution in [0.25, 0.3) is 0 Å². The molecule has 0 radical (unpaired) electrons. The van der Waals surface area contributed by atoms with Gasteiger partial charge in [0.05, 0.1) is 19.0 Å². The first-order valence-corrected chi connectivity index (χ1v) is 4.30. The van der Waals surface area contributed by atoms with Crippen LogP contribution in [-0.2, 0) is 9.59 Å². The molecule has 0 atom stereocenters. The third kappa shape index (κ3) is 2.47. The maximum absolute atomic E-state index is 11.3. The molecule has 1 heterocycles. The summed E-state index contributed by atoms with van der Waals surface area (Å²) in [6, 6.07) is 0. The number of carboxylic acids is 1. The van der Waals surface area contributed by atoms with Crippen molar-refractivity contribution in [1.29, 1.82) is 0 Å². The molecule has 5 nitrogen and oxygen atoms in total. The van der Waals surface area contributed by atoms with Gasteiger partial charge in [0.1, 0.15) is 0 Å². The van der Waals surface area contributed by atoms with E-state index >= 15 is 0 Å². The third-order valence-corrected chi connectivity index (χ3v) is 2.09. The highest BCUT2D eigenvalue weighted by Gasteiger charge is 2.34. The number of rotatable bonds is 4. The van der Waals surface area contributed by atoms with Crippen LogP contribution in [-0.4, -0.2) is 48.1 Å². The molecule has 0 bridgehead atoms. The quantitative estimate of drug-likeness (QED) is 0.435. The predicted molar refractivity (Wildman–Crippen MR) is 49.4 cm³/mol. The molecule has 1 rings (SSSR count). The van der Waals surface area contributed by atoms with E-state index in [0.29, 0.717) is 19.6 Å². The monoisotopic (exact) mass is 196 g/mol. The molecule has 0 aromatic carbocycles. The normalized spacial score (nSPS) is 15.8. The number of likely N-dealkylation sites (tertiary alicyclic amines) is 1. The minimum atomic E-state index is -0.842. The highest BCUT2D eigenvalue weighted by molar-refractivity contribution is 5.82. The Bertz CT molecular complexity index is 276. The summed E-state index contributed by atoms with van der Waals surface area (Å²) >= 11 is 0. The summed E-state index contributed by atoms with van der Waals surface area (Å²) in [5.74, 6) is 1.01. The summed E-state index contributed by atoms with van der Waals surface area (Å²) in [4.78, 5) is 23.2. The molecular formula is C9H12N2O3. The van der Waals surface area contributed by atoms with Crippen LogP contribution in [0.3, 0.4) is 0 Å². The largest absolute Gasteiger partial charge is 0.481 e. The van der Waals surface area contributed by atoms with Gasteiger partial charge in [-0.15, -0.1) is 6.42 Å². The molecule has 0 aromatic rings. The van der Waals surface area contributed by atoms with Gasteiger partial charge in [-0.2, -0.15) is 0 Å². The Balaban J connectivity index is 2.17. The number of aliphatic carboxylic acids is 1. The van der Waals surface area contributed by atoms with Crippen molar-refractivity contribution in [2.45, 2.75) is 0 Å². The number of carboxylic acid groups (broad SMARTS) is 1. The van der Waals surface area contributed by atoms with E-state index in [-0.39, 0.29) is 12.5 Å². The first-order valence-electron chi connectivity index (χ1n) is 4.30. The van der Waals surface area contributed by atoms with Gasteiger partial charge < -0.3 is 10.0 Å². The zero-order chi connectivity index (χ0) is 10.6. The lowest BCUT2D eigenvalue weighted by Crippen LogP contribution is -2.55. The molecule has 0 aromatic heterocycles. The zero-order valence-corrected chi connectivity index (χ0v) is 7.69. The Morgan fingerprint density at radius 2 is 2.21 bits per heavy atom. The first kappa shape index (κ1) is 10.5. The van der Waals surface area contributed by atoms with E-state index < -0.39 is 11.9 Å². The molecule has 0 saturated carbocycles. The molecule has 1 fully saturated rings. The standard InChI is InChI=1S/C9H12N2O3/c1-2-3-10-4-8(12)11-5-7(6-11)9(13)14/h1,7,10H,3-6H2,(H,13,14). The topological polar surface area (TPSA) is 69.6 Å². The molecule has 0 unspecified atom stereocenters. The van der Waals surface area contributed by atoms with Crippen molar-refractivity contribution in [2.75, 3.05) is 26.2 Å². The van der Waals surface area contributed by atoms with Gasteiger partial charge in [0.25, 0.3) is 0 Å². The SMILES string of the molecule is C#CCNCC(=O)N1CC(C(=O)O)C1. The van der Waals surface area contributed by atoms with Gasteiger partial charge in [0, 0.05) is 13.1 Å². The number of nitrogens with one attached hydrogen (secondary N) is 1. The van der Waals surface area contributed by atoms with Gasteiger partial charge in [-0.3, -0.25) is 14.9 Å². The van der Waals surface area contributed by atoms with Crippen molar-refractivity contribution in [3.8, 4) is 12.3 Å². The van der Waals surface area contributed by atoms with Gasteiger partial charge in [-0.25, -0.2) is 0 Å². The maximum Gasteiger partial charge on any atom is 0.310 e. The van der Waals surface area contributed by atoms with Gasteiger partial charge in [-0.1, -0.05) is 5.92 Å². The van der Waals surface area contributed by atoms with E-state index in [2.05, 4.69) is 11.2 Å². The van der Waals surface area contributed by atoms with E-state index in [1.165, 1.54) is 4.90 Å². The van der Waals surface area contributed by atoms with Crippen LogP contribution in [0.5, 0.6) is 0 Å². The maximum atomic E-state index is 11.3. The molecule has 1 aliphatic heterocycles. The van der Waals surface area contributed by atoms with Crippen molar-refractivity contribution in [3.63, 3.8) is 0 Å². The van der Waals surface area contributed by atoms with E-state index in [1.54, 1.807) is 0 Å². The van der Waals surface area contributed by atoms with Crippen LogP contribution >= 0.6 is 0 Å². The summed E-state index contributed by atoms with van der Waals surface area (Å²) in [5, 5.41) is 11.3. The number of terminal acetylenes is 1. The molecule has 2 N–H and O–H groups in total. The van der Waals surface area contributed by atoms with E-state index in [9.17, 15) is 9.59 Å².